The SMILES string of the molecule is COC(=O)c1cc(S(=O)(=O)N2CCCC2C(=O)N(C)Cc2ccccc2)cn1C. The van der Waals surface area contributed by atoms with E-state index >= 15 is 0 Å². The molecule has 1 aromatic heterocycles. The van der Waals surface area contributed by atoms with Crippen molar-refractivity contribution in [1.82, 2.24) is 13.8 Å². The molecule has 0 spiro atoms. The molecule has 2 heterocycles. The van der Waals surface area contributed by atoms with E-state index in [1.807, 2.05) is 30.3 Å². The van der Waals surface area contributed by atoms with Gasteiger partial charge in [-0.3, -0.25) is 4.79 Å². The molecule has 1 aromatic carbocycles. The molecule has 8 nitrogen and oxygen atoms in total. The minimum atomic E-state index is -3.93. The molecule has 0 bridgehead atoms. The zero-order valence-electron chi connectivity index (χ0n) is 16.7. The Morgan fingerprint density at radius 3 is 2.59 bits per heavy atom. The van der Waals surface area contributed by atoms with Crippen molar-refractivity contribution in [3.63, 3.8) is 0 Å². The van der Waals surface area contributed by atoms with Gasteiger partial charge in [-0.2, -0.15) is 4.31 Å². The molecule has 1 fully saturated rings. The van der Waals surface area contributed by atoms with Crippen LogP contribution in [-0.2, 0) is 33.1 Å². The van der Waals surface area contributed by atoms with Gasteiger partial charge in [0.2, 0.25) is 15.9 Å². The third kappa shape index (κ3) is 4.20. The number of hydrogen-bond acceptors (Lipinski definition) is 5. The molecule has 1 aliphatic rings. The first-order valence-corrected chi connectivity index (χ1v) is 10.7. The molecule has 1 saturated heterocycles. The highest BCUT2D eigenvalue weighted by molar-refractivity contribution is 7.89. The average molecular weight is 420 g/mol. The Bertz CT molecular complexity index is 1000. The van der Waals surface area contributed by atoms with E-state index in [0.717, 1.165) is 5.56 Å². The summed E-state index contributed by atoms with van der Waals surface area (Å²) in [4.78, 5) is 26.4. The molecule has 3 rings (SSSR count). The van der Waals surface area contributed by atoms with Crippen molar-refractivity contribution in [3.8, 4) is 0 Å². The first-order chi connectivity index (χ1) is 13.8. The van der Waals surface area contributed by atoms with Crippen LogP contribution in [0, 0.1) is 0 Å². The van der Waals surface area contributed by atoms with Gasteiger partial charge in [-0.25, -0.2) is 13.2 Å². The molecule has 1 atom stereocenters. The number of aromatic nitrogens is 1. The summed E-state index contributed by atoms with van der Waals surface area (Å²) in [5.41, 5.74) is 1.11. The van der Waals surface area contributed by atoms with E-state index in [2.05, 4.69) is 4.74 Å². The second-order valence-electron chi connectivity index (χ2n) is 7.12. The number of rotatable bonds is 6. The number of esters is 1. The van der Waals surface area contributed by atoms with Crippen molar-refractivity contribution >= 4 is 21.9 Å². The molecular formula is C20H25N3O5S. The van der Waals surface area contributed by atoms with Gasteiger partial charge in [0.05, 0.1) is 7.11 Å². The lowest BCUT2D eigenvalue weighted by molar-refractivity contribution is -0.133. The third-order valence-corrected chi connectivity index (χ3v) is 6.98. The molecule has 0 N–H and O–H groups in total. The molecule has 2 aromatic rings. The van der Waals surface area contributed by atoms with Crippen LogP contribution in [0.25, 0.3) is 0 Å². The Hall–Kier alpha value is -2.65. The van der Waals surface area contributed by atoms with Crippen molar-refractivity contribution in [2.45, 2.75) is 30.3 Å². The summed E-state index contributed by atoms with van der Waals surface area (Å²) in [5, 5.41) is 0. The Labute approximate surface area is 170 Å². The smallest absolute Gasteiger partial charge is 0.354 e. The van der Waals surface area contributed by atoms with E-state index in [-0.39, 0.29) is 23.0 Å². The van der Waals surface area contributed by atoms with Gasteiger partial charge in [0.1, 0.15) is 16.6 Å². The topological polar surface area (TPSA) is 88.9 Å². The zero-order valence-corrected chi connectivity index (χ0v) is 17.6. The van der Waals surface area contributed by atoms with Gasteiger partial charge < -0.3 is 14.2 Å². The predicted molar refractivity (Wildman–Crippen MR) is 107 cm³/mol. The standard InChI is InChI=1S/C20H25N3O5S/c1-21-14-16(12-18(21)20(25)28-3)29(26,27)23-11-7-10-17(23)19(24)22(2)13-15-8-5-4-6-9-15/h4-6,8-9,12,14,17H,7,10-11,13H2,1-3H3. The van der Waals surface area contributed by atoms with Crippen LogP contribution < -0.4 is 0 Å². The number of hydrogen-bond donors (Lipinski definition) is 0. The number of aryl methyl sites for hydroxylation is 1. The summed E-state index contributed by atoms with van der Waals surface area (Å²) >= 11 is 0. The molecule has 0 aliphatic carbocycles. The Kier molecular flexibility index (Phi) is 6.09. The summed E-state index contributed by atoms with van der Waals surface area (Å²) in [5.74, 6) is -0.857. The predicted octanol–water partition coefficient (Wildman–Crippen LogP) is 1.62. The third-order valence-electron chi connectivity index (χ3n) is 5.11. The van der Waals surface area contributed by atoms with E-state index in [1.165, 1.54) is 28.2 Å². The lowest BCUT2D eigenvalue weighted by Crippen LogP contribution is -2.46. The van der Waals surface area contributed by atoms with Crippen LogP contribution in [0.15, 0.2) is 47.5 Å². The molecule has 1 amide bonds. The Morgan fingerprint density at radius 1 is 1.24 bits per heavy atom. The van der Waals surface area contributed by atoms with Gasteiger partial charge in [-0.05, 0) is 24.5 Å². The number of likely N-dealkylation sites (N-methyl/N-ethyl adjacent to an activating group) is 1. The van der Waals surface area contributed by atoms with E-state index < -0.39 is 22.0 Å². The normalized spacial score (nSPS) is 17.3. The summed E-state index contributed by atoms with van der Waals surface area (Å²) < 4.78 is 33.7. The number of ether oxygens (including phenoxy) is 1. The van der Waals surface area contributed by atoms with Crippen LogP contribution in [0.1, 0.15) is 28.9 Å². The van der Waals surface area contributed by atoms with Crippen molar-refractivity contribution < 1.29 is 22.7 Å². The van der Waals surface area contributed by atoms with Gasteiger partial charge in [-0.1, -0.05) is 30.3 Å². The van der Waals surface area contributed by atoms with Gasteiger partial charge in [0, 0.05) is 33.4 Å². The summed E-state index contributed by atoms with van der Waals surface area (Å²) in [6, 6.07) is 10.1. The fourth-order valence-electron chi connectivity index (χ4n) is 3.58. The van der Waals surface area contributed by atoms with E-state index in [4.69, 9.17) is 0 Å². The second kappa shape index (κ2) is 8.38. The highest BCUT2D eigenvalue weighted by atomic mass is 32.2. The second-order valence-corrected chi connectivity index (χ2v) is 9.01. The first-order valence-electron chi connectivity index (χ1n) is 9.31. The molecule has 0 radical (unpaired) electrons. The maximum Gasteiger partial charge on any atom is 0.354 e. The fraction of sp³-hybridized carbons (Fsp3) is 0.400. The number of methoxy groups -OCH3 is 1. The van der Waals surface area contributed by atoms with Gasteiger partial charge >= 0.3 is 5.97 Å². The van der Waals surface area contributed by atoms with Crippen molar-refractivity contribution in [2.24, 2.45) is 7.05 Å². The van der Waals surface area contributed by atoms with E-state index in [0.29, 0.717) is 19.4 Å². The number of nitrogens with zero attached hydrogens (tertiary/aromatic N) is 3. The highest BCUT2D eigenvalue weighted by Gasteiger charge is 2.41. The number of carbonyl (C=O) groups excluding carboxylic acids is 2. The van der Waals surface area contributed by atoms with Crippen LogP contribution >= 0.6 is 0 Å². The van der Waals surface area contributed by atoms with Crippen LogP contribution in [0.3, 0.4) is 0 Å². The van der Waals surface area contributed by atoms with Crippen LogP contribution in [0.2, 0.25) is 0 Å². The van der Waals surface area contributed by atoms with Crippen molar-refractivity contribution in [1.29, 1.82) is 0 Å². The summed E-state index contributed by atoms with van der Waals surface area (Å²) in [6.45, 7) is 0.669. The zero-order chi connectivity index (χ0) is 21.2. The molecular weight excluding hydrogens is 394 g/mol. The van der Waals surface area contributed by atoms with Gasteiger partial charge in [0.15, 0.2) is 0 Å². The average Bonchev–Trinajstić information content (AvgIpc) is 3.35. The number of sulfonamides is 1. The Morgan fingerprint density at radius 2 is 1.93 bits per heavy atom. The van der Waals surface area contributed by atoms with Gasteiger partial charge in [-0.15, -0.1) is 0 Å². The minimum Gasteiger partial charge on any atom is -0.464 e. The summed E-state index contributed by atoms with van der Waals surface area (Å²) in [6.07, 6.45) is 2.44. The van der Waals surface area contributed by atoms with Crippen LogP contribution in [0.4, 0.5) is 0 Å². The molecule has 1 unspecified atom stereocenters. The monoisotopic (exact) mass is 419 g/mol. The van der Waals surface area contributed by atoms with Crippen molar-refractivity contribution in [3.05, 3.63) is 53.9 Å². The van der Waals surface area contributed by atoms with Crippen LogP contribution in [-0.4, -0.2) is 60.8 Å². The molecule has 1 aliphatic heterocycles. The highest BCUT2D eigenvalue weighted by Crippen LogP contribution is 2.28. The summed E-state index contributed by atoms with van der Waals surface area (Å²) in [7, 11) is 0.564. The van der Waals surface area contributed by atoms with E-state index in [9.17, 15) is 18.0 Å². The van der Waals surface area contributed by atoms with Gasteiger partial charge in [0.25, 0.3) is 0 Å². The number of amides is 1. The maximum atomic E-state index is 13.2. The number of benzene rings is 1. The molecule has 9 heteroatoms. The Balaban J connectivity index is 1.82. The number of carbonyl (C=O) groups is 2. The van der Waals surface area contributed by atoms with Crippen LogP contribution in [0.5, 0.6) is 0 Å². The fourth-order valence-corrected chi connectivity index (χ4v) is 5.31. The largest absolute Gasteiger partial charge is 0.464 e. The molecule has 29 heavy (non-hydrogen) atoms. The lowest BCUT2D eigenvalue weighted by Gasteiger charge is -2.27. The molecule has 156 valence electrons. The molecule has 0 saturated carbocycles. The quantitative estimate of drug-likeness (QED) is 0.664. The first kappa shape index (κ1) is 21.1. The van der Waals surface area contributed by atoms with Crippen molar-refractivity contribution in [2.75, 3.05) is 20.7 Å². The maximum absolute atomic E-state index is 13.2. The van der Waals surface area contributed by atoms with E-state index in [1.54, 1.807) is 19.0 Å². The lowest BCUT2D eigenvalue weighted by atomic mass is 10.1. The minimum absolute atomic E-state index is 0.0224.